The van der Waals surface area contributed by atoms with Crippen LogP contribution in [0.5, 0.6) is 0 Å². The summed E-state index contributed by atoms with van der Waals surface area (Å²) in [6.07, 6.45) is 3.96. The third-order valence-electron chi connectivity index (χ3n) is 6.96. The number of hydrogen-bond acceptors (Lipinski definition) is 3. The van der Waals surface area contributed by atoms with Gasteiger partial charge >= 0.3 is 0 Å². The lowest BCUT2D eigenvalue weighted by Crippen LogP contribution is -2.41. The number of nitrogens with zero attached hydrogens (tertiary/aromatic N) is 2. The van der Waals surface area contributed by atoms with Crippen molar-refractivity contribution in [3.05, 3.63) is 81.3 Å². The molecule has 0 radical (unpaired) electrons. The first-order valence-corrected chi connectivity index (χ1v) is 12.3. The number of carbonyl (C=O) groups excluding carboxylic acids is 2. The standard InChI is InChI=1S/C27H26Cl2N2O2/c28-23-10-9-20(17-24(23)29)18-11-15-30(16-12-18)13-1-2-14-31-26(32)21-7-3-5-19-6-4-8-22(25(19)21)27(31)33/h3-10,17-18H,1-2,11-16H2. The van der Waals surface area contributed by atoms with Gasteiger partial charge in [0, 0.05) is 23.1 Å². The molecule has 4 nitrogen and oxygen atoms in total. The van der Waals surface area contributed by atoms with E-state index in [9.17, 15) is 9.59 Å². The van der Waals surface area contributed by atoms with E-state index in [0.717, 1.165) is 56.1 Å². The lowest BCUT2D eigenvalue weighted by atomic mass is 9.89. The van der Waals surface area contributed by atoms with Crippen molar-refractivity contribution in [3.8, 4) is 0 Å². The summed E-state index contributed by atoms with van der Waals surface area (Å²) in [5.74, 6) is 0.167. The van der Waals surface area contributed by atoms with E-state index in [1.165, 1.54) is 10.5 Å². The summed E-state index contributed by atoms with van der Waals surface area (Å²) in [5, 5.41) is 2.95. The Morgan fingerprint density at radius 2 is 1.42 bits per heavy atom. The molecule has 2 heterocycles. The number of amides is 2. The highest BCUT2D eigenvalue weighted by atomic mass is 35.5. The summed E-state index contributed by atoms with van der Waals surface area (Å²) in [7, 11) is 0. The summed E-state index contributed by atoms with van der Waals surface area (Å²) >= 11 is 12.2. The van der Waals surface area contributed by atoms with Gasteiger partial charge in [0.1, 0.15) is 0 Å². The van der Waals surface area contributed by atoms with Gasteiger partial charge in [0.05, 0.1) is 10.0 Å². The summed E-state index contributed by atoms with van der Waals surface area (Å²) in [6, 6.07) is 17.3. The maximum Gasteiger partial charge on any atom is 0.261 e. The van der Waals surface area contributed by atoms with Crippen molar-refractivity contribution in [1.29, 1.82) is 0 Å². The molecule has 0 aliphatic carbocycles. The number of carbonyl (C=O) groups is 2. The molecule has 6 heteroatoms. The van der Waals surface area contributed by atoms with Crippen molar-refractivity contribution in [2.45, 2.75) is 31.6 Å². The zero-order valence-corrected chi connectivity index (χ0v) is 19.9. The number of unbranched alkanes of at least 4 members (excludes halogenated alkanes) is 1. The number of imide groups is 1. The van der Waals surface area contributed by atoms with Crippen LogP contribution in [-0.2, 0) is 0 Å². The average Bonchev–Trinajstić information content (AvgIpc) is 2.84. The van der Waals surface area contributed by atoms with Crippen molar-refractivity contribution in [3.63, 3.8) is 0 Å². The van der Waals surface area contributed by atoms with Gasteiger partial charge in [-0.1, -0.05) is 53.5 Å². The Balaban J connectivity index is 1.13. The molecule has 0 saturated carbocycles. The highest BCUT2D eigenvalue weighted by Crippen LogP contribution is 2.33. The van der Waals surface area contributed by atoms with E-state index in [4.69, 9.17) is 23.2 Å². The molecular formula is C27H26Cl2N2O2. The Bertz CT molecular complexity index is 1170. The Kier molecular flexibility index (Phi) is 6.42. The molecule has 1 fully saturated rings. The molecule has 0 bridgehead atoms. The third-order valence-corrected chi connectivity index (χ3v) is 7.70. The van der Waals surface area contributed by atoms with Crippen LogP contribution in [0.25, 0.3) is 10.8 Å². The van der Waals surface area contributed by atoms with Crippen LogP contribution in [0, 0.1) is 0 Å². The molecule has 5 rings (SSSR count). The van der Waals surface area contributed by atoms with Crippen molar-refractivity contribution in [2.24, 2.45) is 0 Å². The molecular weight excluding hydrogens is 455 g/mol. The molecule has 3 aromatic carbocycles. The highest BCUT2D eigenvalue weighted by Gasteiger charge is 2.32. The number of likely N-dealkylation sites (tertiary alicyclic amines) is 1. The van der Waals surface area contributed by atoms with Gasteiger partial charge in [-0.05, 0) is 86.5 Å². The van der Waals surface area contributed by atoms with Crippen molar-refractivity contribution >= 4 is 45.8 Å². The first kappa shape index (κ1) is 22.4. The van der Waals surface area contributed by atoms with Crippen LogP contribution < -0.4 is 0 Å². The number of benzene rings is 3. The topological polar surface area (TPSA) is 40.6 Å². The Labute approximate surface area is 204 Å². The van der Waals surface area contributed by atoms with Gasteiger partial charge in [0.15, 0.2) is 0 Å². The molecule has 1 saturated heterocycles. The fourth-order valence-corrected chi connectivity index (χ4v) is 5.45. The second-order valence-corrected chi connectivity index (χ2v) is 9.78. The fourth-order valence-electron chi connectivity index (χ4n) is 5.15. The molecule has 0 aromatic heterocycles. The number of rotatable bonds is 6. The fraction of sp³-hybridized carbons (Fsp3) is 0.333. The van der Waals surface area contributed by atoms with Crippen LogP contribution in [0.15, 0.2) is 54.6 Å². The molecule has 0 spiro atoms. The molecule has 0 unspecified atom stereocenters. The van der Waals surface area contributed by atoms with Crippen LogP contribution in [0.3, 0.4) is 0 Å². The molecule has 2 aliphatic heterocycles. The summed E-state index contributed by atoms with van der Waals surface area (Å²) in [4.78, 5) is 29.9. The number of hydrogen-bond donors (Lipinski definition) is 0. The van der Waals surface area contributed by atoms with E-state index in [0.29, 0.717) is 33.6 Å². The van der Waals surface area contributed by atoms with Crippen LogP contribution in [0.2, 0.25) is 10.0 Å². The number of piperidine rings is 1. The minimum atomic E-state index is -0.174. The van der Waals surface area contributed by atoms with Crippen molar-refractivity contribution < 1.29 is 9.59 Å². The van der Waals surface area contributed by atoms with Crippen molar-refractivity contribution in [2.75, 3.05) is 26.2 Å². The van der Waals surface area contributed by atoms with Crippen LogP contribution in [0.4, 0.5) is 0 Å². The molecule has 2 amide bonds. The van der Waals surface area contributed by atoms with Crippen LogP contribution in [0.1, 0.15) is 57.9 Å². The molecule has 33 heavy (non-hydrogen) atoms. The third kappa shape index (κ3) is 4.40. The summed E-state index contributed by atoms with van der Waals surface area (Å²) in [5.41, 5.74) is 2.53. The monoisotopic (exact) mass is 480 g/mol. The summed E-state index contributed by atoms with van der Waals surface area (Å²) in [6.45, 7) is 3.53. The minimum Gasteiger partial charge on any atom is -0.303 e. The zero-order chi connectivity index (χ0) is 22.9. The van der Waals surface area contributed by atoms with Gasteiger partial charge in [0.25, 0.3) is 11.8 Å². The van der Waals surface area contributed by atoms with Gasteiger partial charge in [-0.15, -0.1) is 0 Å². The largest absolute Gasteiger partial charge is 0.303 e. The van der Waals surface area contributed by atoms with Gasteiger partial charge in [0.2, 0.25) is 0 Å². The smallest absolute Gasteiger partial charge is 0.261 e. The maximum atomic E-state index is 13.0. The molecule has 3 aromatic rings. The molecule has 170 valence electrons. The Hall–Kier alpha value is -2.40. The second-order valence-electron chi connectivity index (χ2n) is 8.97. The van der Waals surface area contributed by atoms with E-state index in [-0.39, 0.29) is 11.8 Å². The van der Waals surface area contributed by atoms with E-state index in [2.05, 4.69) is 11.0 Å². The Morgan fingerprint density at radius 3 is 2.06 bits per heavy atom. The van der Waals surface area contributed by atoms with Gasteiger partial charge in [-0.2, -0.15) is 0 Å². The van der Waals surface area contributed by atoms with E-state index < -0.39 is 0 Å². The normalized spacial score (nSPS) is 17.2. The zero-order valence-electron chi connectivity index (χ0n) is 18.4. The van der Waals surface area contributed by atoms with Crippen LogP contribution >= 0.6 is 23.2 Å². The molecule has 2 aliphatic rings. The van der Waals surface area contributed by atoms with Gasteiger partial charge in [-0.3, -0.25) is 14.5 Å². The van der Waals surface area contributed by atoms with E-state index in [1.54, 1.807) is 0 Å². The molecule has 0 atom stereocenters. The van der Waals surface area contributed by atoms with Crippen LogP contribution in [-0.4, -0.2) is 47.8 Å². The lowest BCUT2D eigenvalue weighted by Gasteiger charge is -2.32. The van der Waals surface area contributed by atoms with E-state index >= 15 is 0 Å². The number of halogens is 2. The highest BCUT2D eigenvalue weighted by molar-refractivity contribution is 6.42. The first-order chi connectivity index (χ1) is 16.0. The quantitative estimate of drug-likeness (QED) is 0.302. The first-order valence-electron chi connectivity index (χ1n) is 11.6. The SMILES string of the molecule is O=C1c2cccc3cccc(c23)C(=O)N1CCCCN1CCC(c2ccc(Cl)c(Cl)c2)CC1. The van der Waals surface area contributed by atoms with Gasteiger partial charge < -0.3 is 4.90 Å². The summed E-state index contributed by atoms with van der Waals surface area (Å²) < 4.78 is 0. The lowest BCUT2D eigenvalue weighted by molar-refractivity contribution is 0.0606. The molecule has 0 N–H and O–H groups in total. The predicted molar refractivity (Wildman–Crippen MR) is 133 cm³/mol. The van der Waals surface area contributed by atoms with Gasteiger partial charge in [-0.25, -0.2) is 0 Å². The van der Waals surface area contributed by atoms with Crippen molar-refractivity contribution in [1.82, 2.24) is 9.80 Å². The average molecular weight is 481 g/mol. The minimum absolute atomic E-state index is 0.174. The predicted octanol–water partition coefficient (Wildman–Crippen LogP) is 6.40. The second kappa shape index (κ2) is 9.46. The maximum absolute atomic E-state index is 13.0. The Morgan fingerprint density at radius 1 is 0.788 bits per heavy atom. The van der Waals surface area contributed by atoms with E-state index in [1.807, 2.05) is 48.5 Å².